The summed E-state index contributed by atoms with van der Waals surface area (Å²) in [5.41, 5.74) is 5.79. The van der Waals surface area contributed by atoms with Crippen molar-refractivity contribution in [2.24, 2.45) is 0 Å². The fraction of sp³-hybridized carbons (Fsp3) is 0.571. The van der Waals surface area contributed by atoms with Crippen LogP contribution in [0.4, 0.5) is 10.1 Å². The summed E-state index contributed by atoms with van der Waals surface area (Å²) >= 11 is 0. The van der Waals surface area contributed by atoms with Gasteiger partial charge in [0.15, 0.2) is 0 Å². The largest absolute Gasteiger partial charge is 0.398 e. The Kier molecular flexibility index (Phi) is 5.95. The summed E-state index contributed by atoms with van der Waals surface area (Å²) in [4.78, 5) is -0.145. The first-order chi connectivity index (χ1) is 9.34. The van der Waals surface area contributed by atoms with E-state index in [-0.39, 0.29) is 16.6 Å². The van der Waals surface area contributed by atoms with Gasteiger partial charge in [-0.3, -0.25) is 0 Å². The molecule has 2 N–H and O–H groups in total. The Bertz CT molecular complexity index is 546. The molecule has 0 aliphatic carbocycles. The number of anilines is 1. The fourth-order valence-electron chi connectivity index (χ4n) is 1.95. The number of nitrogens with two attached hydrogens (primary N) is 1. The van der Waals surface area contributed by atoms with E-state index in [4.69, 9.17) is 5.73 Å². The number of hydrogen-bond donors (Lipinski definition) is 1. The molecule has 20 heavy (non-hydrogen) atoms. The van der Waals surface area contributed by atoms with E-state index in [1.54, 1.807) is 0 Å². The Morgan fingerprint density at radius 3 is 2.55 bits per heavy atom. The van der Waals surface area contributed by atoms with Crippen molar-refractivity contribution in [2.75, 3.05) is 12.3 Å². The molecule has 114 valence electrons. The Labute approximate surface area is 120 Å². The van der Waals surface area contributed by atoms with Gasteiger partial charge in [-0.25, -0.2) is 12.8 Å². The van der Waals surface area contributed by atoms with Gasteiger partial charge in [-0.2, -0.15) is 4.31 Å². The van der Waals surface area contributed by atoms with Crippen LogP contribution in [0.3, 0.4) is 0 Å². The predicted octanol–water partition coefficient (Wildman–Crippen LogP) is 3.00. The lowest BCUT2D eigenvalue weighted by atomic mass is 10.2. The average Bonchev–Trinajstić information content (AvgIpc) is 2.41. The van der Waals surface area contributed by atoms with Crippen LogP contribution in [0.25, 0.3) is 0 Å². The standard InChI is InChI=1S/C14H23FN2O2S/c1-4-6-9-17(11(3)5-2)20(18,19)14-10-12(15)7-8-13(14)16/h7-8,10-11H,4-6,9,16H2,1-3H3. The smallest absolute Gasteiger partial charge is 0.245 e. The summed E-state index contributed by atoms with van der Waals surface area (Å²) in [6.45, 7) is 6.19. The molecule has 0 heterocycles. The molecule has 0 saturated heterocycles. The summed E-state index contributed by atoms with van der Waals surface area (Å²) < 4.78 is 40.1. The number of nitrogens with zero attached hydrogens (tertiary/aromatic N) is 1. The molecule has 1 aromatic carbocycles. The van der Waals surface area contributed by atoms with Crippen LogP contribution in [0.2, 0.25) is 0 Å². The second-order valence-corrected chi connectivity index (χ2v) is 6.77. The predicted molar refractivity (Wildman–Crippen MR) is 79.4 cm³/mol. The molecule has 0 bridgehead atoms. The first-order valence-electron chi connectivity index (χ1n) is 6.91. The fourth-order valence-corrected chi connectivity index (χ4v) is 3.83. The maximum Gasteiger partial charge on any atom is 0.245 e. The summed E-state index contributed by atoms with van der Waals surface area (Å²) in [5, 5.41) is 0. The third kappa shape index (κ3) is 3.70. The Hall–Kier alpha value is -1.14. The second-order valence-electron chi connectivity index (χ2n) is 4.91. The normalized spacial score (nSPS) is 13.7. The van der Waals surface area contributed by atoms with Crippen molar-refractivity contribution < 1.29 is 12.8 Å². The SMILES string of the molecule is CCCCN(C(C)CC)S(=O)(=O)c1cc(F)ccc1N. The molecule has 0 aliphatic heterocycles. The van der Waals surface area contributed by atoms with Crippen LogP contribution in [0.1, 0.15) is 40.0 Å². The van der Waals surface area contributed by atoms with E-state index in [1.807, 2.05) is 20.8 Å². The first kappa shape index (κ1) is 16.9. The molecule has 1 atom stereocenters. The number of hydrogen-bond acceptors (Lipinski definition) is 3. The summed E-state index contributed by atoms with van der Waals surface area (Å²) in [5.74, 6) is -0.600. The average molecular weight is 302 g/mol. The molecular formula is C14H23FN2O2S. The van der Waals surface area contributed by atoms with Gasteiger partial charge in [0.25, 0.3) is 0 Å². The Balaban J connectivity index is 3.24. The van der Waals surface area contributed by atoms with E-state index in [0.717, 1.165) is 25.0 Å². The van der Waals surface area contributed by atoms with Gasteiger partial charge >= 0.3 is 0 Å². The van der Waals surface area contributed by atoms with Crippen LogP contribution in [0.5, 0.6) is 0 Å². The minimum Gasteiger partial charge on any atom is -0.398 e. The van der Waals surface area contributed by atoms with Crippen LogP contribution in [0, 0.1) is 5.82 Å². The summed E-state index contributed by atoms with van der Waals surface area (Å²) in [6.07, 6.45) is 2.35. The molecule has 0 radical (unpaired) electrons. The highest BCUT2D eigenvalue weighted by Gasteiger charge is 2.29. The lowest BCUT2D eigenvalue weighted by Crippen LogP contribution is -2.39. The molecule has 4 nitrogen and oxygen atoms in total. The van der Waals surface area contributed by atoms with Gasteiger partial charge in [0.05, 0.1) is 5.69 Å². The van der Waals surface area contributed by atoms with Crippen LogP contribution in [0.15, 0.2) is 23.1 Å². The minimum absolute atomic E-state index is 0.0798. The molecule has 1 rings (SSSR count). The third-order valence-corrected chi connectivity index (χ3v) is 5.45. The number of nitrogen functional groups attached to an aromatic ring is 1. The lowest BCUT2D eigenvalue weighted by Gasteiger charge is -2.28. The molecule has 1 aromatic rings. The van der Waals surface area contributed by atoms with Crippen LogP contribution >= 0.6 is 0 Å². The van der Waals surface area contributed by atoms with E-state index >= 15 is 0 Å². The van der Waals surface area contributed by atoms with Gasteiger partial charge in [-0.05, 0) is 38.0 Å². The van der Waals surface area contributed by atoms with Crippen LogP contribution in [-0.4, -0.2) is 25.3 Å². The van der Waals surface area contributed by atoms with Gasteiger partial charge in [0.1, 0.15) is 10.7 Å². The first-order valence-corrected chi connectivity index (χ1v) is 8.35. The van der Waals surface area contributed by atoms with E-state index in [1.165, 1.54) is 10.4 Å². The van der Waals surface area contributed by atoms with Gasteiger partial charge in [-0.15, -0.1) is 0 Å². The number of benzene rings is 1. The van der Waals surface area contributed by atoms with Gasteiger partial charge < -0.3 is 5.73 Å². The van der Waals surface area contributed by atoms with Crippen molar-refractivity contribution >= 4 is 15.7 Å². The van der Waals surface area contributed by atoms with Crippen molar-refractivity contribution in [1.82, 2.24) is 4.31 Å². The molecule has 0 amide bonds. The molecule has 0 aromatic heterocycles. The van der Waals surface area contributed by atoms with Crippen molar-refractivity contribution in [3.8, 4) is 0 Å². The summed E-state index contributed by atoms with van der Waals surface area (Å²) in [7, 11) is -3.77. The molecule has 0 saturated carbocycles. The molecule has 0 spiro atoms. The Morgan fingerprint density at radius 2 is 2.00 bits per heavy atom. The highest BCUT2D eigenvalue weighted by Crippen LogP contribution is 2.25. The zero-order chi connectivity index (χ0) is 15.3. The molecule has 0 fully saturated rings. The third-order valence-electron chi connectivity index (χ3n) is 3.38. The highest BCUT2D eigenvalue weighted by atomic mass is 32.2. The van der Waals surface area contributed by atoms with Gasteiger partial charge in [0.2, 0.25) is 10.0 Å². The number of unbranched alkanes of at least 4 members (excludes halogenated alkanes) is 1. The monoisotopic (exact) mass is 302 g/mol. The maximum absolute atomic E-state index is 13.3. The van der Waals surface area contributed by atoms with E-state index in [0.29, 0.717) is 13.0 Å². The molecule has 0 aliphatic rings. The van der Waals surface area contributed by atoms with Crippen molar-refractivity contribution in [1.29, 1.82) is 0 Å². The van der Waals surface area contributed by atoms with E-state index in [2.05, 4.69) is 0 Å². The summed E-state index contributed by atoms with van der Waals surface area (Å²) in [6, 6.07) is 3.30. The van der Waals surface area contributed by atoms with Gasteiger partial charge in [0, 0.05) is 12.6 Å². The molecular weight excluding hydrogens is 279 g/mol. The van der Waals surface area contributed by atoms with Crippen molar-refractivity contribution in [3.05, 3.63) is 24.0 Å². The zero-order valence-electron chi connectivity index (χ0n) is 12.3. The Morgan fingerprint density at radius 1 is 1.35 bits per heavy atom. The molecule has 1 unspecified atom stereocenters. The van der Waals surface area contributed by atoms with E-state index < -0.39 is 15.8 Å². The quantitative estimate of drug-likeness (QED) is 0.788. The van der Waals surface area contributed by atoms with Crippen molar-refractivity contribution in [2.45, 2.75) is 51.0 Å². The number of halogens is 1. The topological polar surface area (TPSA) is 63.4 Å². The van der Waals surface area contributed by atoms with Crippen LogP contribution in [-0.2, 0) is 10.0 Å². The molecule has 6 heteroatoms. The number of rotatable bonds is 7. The van der Waals surface area contributed by atoms with Gasteiger partial charge in [-0.1, -0.05) is 20.3 Å². The number of sulfonamides is 1. The lowest BCUT2D eigenvalue weighted by molar-refractivity contribution is 0.324. The van der Waals surface area contributed by atoms with Crippen molar-refractivity contribution in [3.63, 3.8) is 0 Å². The maximum atomic E-state index is 13.3. The van der Waals surface area contributed by atoms with E-state index in [9.17, 15) is 12.8 Å². The minimum atomic E-state index is -3.77. The zero-order valence-corrected chi connectivity index (χ0v) is 13.1. The second kappa shape index (κ2) is 7.04. The highest BCUT2D eigenvalue weighted by molar-refractivity contribution is 7.89. The van der Waals surface area contributed by atoms with Crippen LogP contribution < -0.4 is 5.73 Å².